The van der Waals surface area contributed by atoms with Crippen LogP contribution in [0.4, 0.5) is 0 Å². The van der Waals surface area contributed by atoms with Gasteiger partial charge in [-0.05, 0) is 12.8 Å². The predicted molar refractivity (Wildman–Crippen MR) is 79.7 cm³/mol. The van der Waals surface area contributed by atoms with Crippen molar-refractivity contribution in [2.24, 2.45) is 0 Å². The molecule has 2 aliphatic rings. The molecule has 0 spiro atoms. The van der Waals surface area contributed by atoms with Crippen molar-refractivity contribution in [2.45, 2.75) is 12.8 Å². The molecule has 0 aliphatic heterocycles. The van der Waals surface area contributed by atoms with Gasteiger partial charge in [0.05, 0.1) is 0 Å². The van der Waals surface area contributed by atoms with Gasteiger partial charge in [0.1, 0.15) is 0 Å². The Morgan fingerprint density at radius 1 is 0.789 bits per heavy atom. The fraction of sp³-hybridized carbons (Fsp3) is 0.118. The van der Waals surface area contributed by atoms with Crippen LogP contribution in [0, 0.1) is 5.92 Å². The second-order valence-electron chi connectivity index (χ2n) is 4.39. The summed E-state index contributed by atoms with van der Waals surface area (Å²) in [7, 11) is 0. The van der Waals surface area contributed by atoms with Crippen molar-refractivity contribution < 1.29 is 26.2 Å². The molecule has 1 aromatic carbocycles. The van der Waals surface area contributed by atoms with Crippen LogP contribution in [-0.4, -0.2) is 0 Å². The van der Waals surface area contributed by atoms with Crippen LogP contribution in [0.3, 0.4) is 0 Å². The monoisotopic (exact) mass is 345 g/mol. The Bertz CT molecular complexity index is 493. The Morgan fingerprint density at radius 2 is 1.32 bits per heavy atom. The summed E-state index contributed by atoms with van der Waals surface area (Å²) in [6.07, 6.45) is 15.3. The Kier molecular flexibility index (Phi) is 6.62. The zero-order valence-electron chi connectivity index (χ0n) is 10.7. The summed E-state index contributed by atoms with van der Waals surface area (Å²) in [6.45, 7) is 0. The van der Waals surface area contributed by atoms with E-state index in [2.05, 4.69) is 66.8 Å². The normalized spacial score (nSPS) is 15.4. The first kappa shape index (κ1) is 16.3. The molecule has 2 heteroatoms. The fourth-order valence-corrected chi connectivity index (χ4v) is 2.45. The SMILES string of the molecule is C1=CCC([C-](C2=CC=CC2)c2ccccc2)=C1.Cl.[Zr]. The fourth-order valence-electron chi connectivity index (χ4n) is 2.45. The maximum atomic E-state index is 2.24. The van der Waals surface area contributed by atoms with Crippen LogP contribution in [0.5, 0.6) is 0 Å². The summed E-state index contributed by atoms with van der Waals surface area (Å²) < 4.78 is 0. The van der Waals surface area contributed by atoms with Crippen LogP contribution < -0.4 is 0 Å². The smallest absolute Gasteiger partial charge is 0 e. The van der Waals surface area contributed by atoms with Crippen LogP contribution >= 0.6 is 12.4 Å². The molecule has 3 rings (SSSR count). The van der Waals surface area contributed by atoms with Gasteiger partial charge < -0.3 is 0 Å². The third-order valence-electron chi connectivity index (χ3n) is 3.25. The summed E-state index contributed by atoms with van der Waals surface area (Å²) in [5.41, 5.74) is 4.20. The van der Waals surface area contributed by atoms with Gasteiger partial charge in [0.2, 0.25) is 0 Å². The van der Waals surface area contributed by atoms with E-state index in [0.29, 0.717) is 0 Å². The molecule has 0 nitrogen and oxygen atoms in total. The van der Waals surface area contributed by atoms with Crippen molar-refractivity contribution in [2.75, 3.05) is 0 Å². The molecule has 0 radical (unpaired) electrons. The molecule has 96 valence electrons. The van der Waals surface area contributed by atoms with Gasteiger partial charge in [-0.25, -0.2) is 0 Å². The van der Waals surface area contributed by atoms with Crippen molar-refractivity contribution in [1.82, 2.24) is 0 Å². The average molecular weight is 347 g/mol. The van der Waals surface area contributed by atoms with Gasteiger partial charge in [0, 0.05) is 26.2 Å². The number of hydrogen-bond acceptors (Lipinski definition) is 0. The molecule has 0 saturated heterocycles. The van der Waals surface area contributed by atoms with Gasteiger partial charge in [-0.2, -0.15) is 0 Å². The number of halogens is 1. The molecule has 0 fully saturated rings. The molecule has 1 aromatic rings. The van der Waals surface area contributed by atoms with Crippen LogP contribution in [0.2, 0.25) is 0 Å². The first-order chi connectivity index (χ1) is 8.45. The molecule has 0 amide bonds. The quantitative estimate of drug-likeness (QED) is 0.689. The van der Waals surface area contributed by atoms with E-state index in [-0.39, 0.29) is 38.6 Å². The zero-order chi connectivity index (χ0) is 11.5. The Morgan fingerprint density at radius 3 is 1.74 bits per heavy atom. The van der Waals surface area contributed by atoms with Gasteiger partial charge in [0.15, 0.2) is 0 Å². The summed E-state index contributed by atoms with van der Waals surface area (Å²) in [5.74, 6) is 1.42. The van der Waals surface area contributed by atoms with Crippen LogP contribution in [0.15, 0.2) is 77.9 Å². The molecular formula is C17H16ClZr-. The first-order valence-electron chi connectivity index (χ1n) is 6.09. The van der Waals surface area contributed by atoms with E-state index in [4.69, 9.17) is 0 Å². The molecular weight excluding hydrogens is 331 g/mol. The zero-order valence-corrected chi connectivity index (χ0v) is 13.9. The maximum absolute atomic E-state index is 2.24. The van der Waals surface area contributed by atoms with Gasteiger partial charge in [-0.1, -0.05) is 48.4 Å². The molecule has 0 saturated carbocycles. The van der Waals surface area contributed by atoms with Crippen molar-refractivity contribution in [1.29, 1.82) is 0 Å². The van der Waals surface area contributed by atoms with Crippen molar-refractivity contribution in [3.05, 3.63) is 89.4 Å². The number of benzene rings is 1. The molecule has 0 atom stereocenters. The summed E-state index contributed by atoms with van der Waals surface area (Å²) in [4.78, 5) is 0. The Labute approximate surface area is 140 Å². The maximum Gasteiger partial charge on any atom is 0 e. The van der Waals surface area contributed by atoms with Crippen molar-refractivity contribution in [3.8, 4) is 0 Å². The van der Waals surface area contributed by atoms with E-state index in [0.717, 1.165) is 12.8 Å². The van der Waals surface area contributed by atoms with Crippen molar-refractivity contribution in [3.63, 3.8) is 0 Å². The van der Waals surface area contributed by atoms with E-state index in [1.807, 2.05) is 0 Å². The standard InChI is InChI=1S/C17H15.ClH.Zr/c1-2-8-14(9-3-1)17(15-10-4-5-11-15)16-12-6-7-13-16;;/h1-10,12H,11,13H2;1H;/q-1;;. The van der Waals surface area contributed by atoms with Gasteiger partial charge in [-0.15, -0.1) is 53.4 Å². The summed E-state index contributed by atoms with van der Waals surface area (Å²) in [5, 5.41) is 0. The number of hydrogen-bond donors (Lipinski definition) is 0. The Hall–Kier alpha value is -0.777. The van der Waals surface area contributed by atoms with Gasteiger partial charge >= 0.3 is 0 Å². The van der Waals surface area contributed by atoms with Gasteiger partial charge in [0.25, 0.3) is 0 Å². The molecule has 0 heterocycles. The molecule has 19 heavy (non-hydrogen) atoms. The van der Waals surface area contributed by atoms with Gasteiger partial charge in [-0.3, -0.25) is 0 Å². The minimum atomic E-state index is 0. The molecule has 0 unspecified atom stereocenters. The van der Waals surface area contributed by atoms with E-state index in [1.165, 1.54) is 22.6 Å². The third-order valence-corrected chi connectivity index (χ3v) is 3.25. The van der Waals surface area contributed by atoms with Crippen molar-refractivity contribution >= 4 is 12.4 Å². The van der Waals surface area contributed by atoms with Crippen LogP contribution in [0.1, 0.15) is 18.4 Å². The second kappa shape index (κ2) is 7.73. The van der Waals surface area contributed by atoms with Crippen LogP contribution in [-0.2, 0) is 26.2 Å². The van der Waals surface area contributed by atoms with Crippen LogP contribution in [0.25, 0.3) is 0 Å². The number of rotatable bonds is 3. The first-order valence-corrected chi connectivity index (χ1v) is 6.09. The minimum absolute atomic E-state index is 0. The molecule has 2 aliphatic carbocycles. The topological polar surface area (TPSA) is 0 Å². The summed E-state index contributed by atoms with van der Waals surface area (Å²) in [6, 6.07) is 10.7. The largest absolute Gasteiger partial charge is 0.147 e. The Balaban J connectivity index is 0.000000902. The second-order valence-corrected chi connectivity index (χ2v) is 4.39. The molecule has 0 bridgehead atoms. The van der Waals surface area contributed by atoms with E-state index in [9.17, 15) is 0 Å². The van der Waals surface area contributed by atoms with E-state index in [1.54, 1.807) is 0 Å². The number of allylic oxidation sites excluding steroid dienone is 8. The van der Waals surface area contributed by atoms with E-state index < -0.39 is 0 Å². The average Bonchev–Trinajstić information content (AvgIpc) is 3.04. The third kappa shape index (κ3) is 3.62. The minimum Gasteiger partial charge on any atom is -0.147 e. The van der Waals surface area contributed by atoms with E-state index >= 15 is 0 Å². The summed E-state index contributed by atoms with van der Waals surface area (Å²) >= 11 is 0. The predicted octanol–water partition coefficient (Wildman–Crippen LogP) is 4.80. The molecule has 0 N–H and O–H groups in total. The molecule has 0 aromatic heterocycles.